The fourth-order valence-corrected chi connectivity index (χ4v) is 3.33. The molecular formula is C14H19BrN4S. The van der Waals surface area contributed by atoms with Crippen LogP contribution < -0.4 is 10.6 Å². The summed E-state index contributed by atoms with van der Waals surface area (Å²) >= 11 is 5.26. The molecule has 4 nitrogen and oxygen atoms in total. The Morgan fingerprint density at radius 3 is 2.65 bits per heavy atom. The van der Waals surface area contributed by atoms with Crippen LogP contribution in [0.4, 0.5) is 11.6 Å². The molecule has 0 bridgehead atoms. The third-order valence-corrected chi connectivity index (χ3v) is 4.49. The predicted octanol–water partition coefficient (Wildman–Crippen LogP) is 3.95. The van der Waals surface area contributed by atoms with E-state index in [0.717, 1.165) is 43.3 Å². The number of anilines is 2. The molecule has 0 aromatic carbocycles. The van der Waals surface area contributed by atoms with E-state index < -0.39 is 0 Å². The Balaban J connectivity index is 1.95. The Hall–Kier alpha value is -1.14. The molecular weight excluding hydrogens is 336 g/mol. The van der Waals surface area contributed by atoms with Crippen LogP contribution in [0.5, 0.6) is 0 Å². The van der Waals surface area contributed by atoms with Crippen molar-refractivity contribution in [3.63, 3.8) is 0 Å². The summed E-state index contributed by atoms with van der Waals surface area (Å²) < 4.78 is 1.18. The minimum absolute atomic E-state index is 0.866. The molecule has 0 atom stereocenters. The second kappa shape index (κ2) is 7.59. The number of rotatable bonds is 7. The lowest BCUT2D eigenvalue weighted by atomic mass is 10.3. The molecule has 0 aliphatic rings. The maximum atomic E-state index is 4.54. The first-order chi connectivity index (χ1) is 9.71. The fourth-order valence-electron chi connectivity index (χ4n) is 1.85. The molecule has 0 saturated heterocycles. The second-order valence-corrected chi connectivity index (χ2v) is 6.98. The summed E-state index contributed by atoms with van der Waals surface area (Å²) in [7, 11) is 1.88. The average molecular weight is 355 g/mol. The van der Waals surface area contributed by atoms with Gasteiger partial charge in [-0.05, 0) is 40.9 Å². The van der Waals surface area contributed by atoms with E-state index >= 15 is 0 Å². The average Bonchev–Trinajstić information content (AvgIpc) is 2.84. The molecule has 0 aliphatic carbocycles. The lowest BCUT2D eigenvalue weighted by molar-refractivity contribution is 0.834. The van der Waals surface area contributed by atoms with Crippen molar-refractivity contribution in [2.75, 3.05) is 24.2 Å². The minimum Gasteiger partial charge on any atom is -0.373 e. The number of nitrogens with zero attached hydrogens (tertiary/aromatic N) is 2. The molecule has 0 aliphatic heterocycles. The van der Waals surface area contributed by atoms with Gasteiger partial charge in [-0.1, -0.05) is 6.92 Å². The summed E-state index contributed by atoms with van der Waals surface area (Å²) in [5, 5.41) is 6.46. The molecule has 0 fully saturated rings. The molecule has 2 aromatic heterocycles. The van der Waals surface area contributed by atoms with E-state index in [0.29, 0.717) is 0 Å². The highest BCUT2D eigenvalue weighted by Crippen LogP contribution is 2.22. The van der Waals surface area contributed by atoms with E-state index in [1.165, 1.54) is 8.66 Å². The third kappa shape index (κ3) is 4.45. The lowest BCUT2D eigenvalue weighted by Crippen LogP contribution is -2.09. The quantitative estimate of drug-likeness (QED) is 0.790. The summed E-state index contributed by atoms with van der Waals surface area (Å²) in [5.41, 5.74) is 0. The summed E-state index contributed by atoms with van der Waals surface area (Å²) in [6, 6.07) is 6.19. The SMILES string of the molecule is CCCc1nc(NC)cc(NCCc2ccc(Br)s2)n1. The van der Waals surface area contributed by atoms with Crippen molar-refractivity contribution in [3.05, 3.63) is 32.7 Å². The van der Waals surface area contributed by atoms with Crippen molar-refractivity contribution in [1.29, 1.82) is 0 Å². The Labute approximate surface area is 132 Å². The number of aromatic nitrogens is 2. The van der Waals surface area contributed by atoms with Gasteiger partial charge in [-0.25, -0.2) is 9.97 Å². The fraction of sp³-hybridized carbons (Fsp3) is 0.429. The topological polar surface area (TPSA) is 49.8 Å². The van der Waals surface area contributed by atoms with Gasteiger partial charge in [-0.3, -0.25) is 0 Å². The van der Waals surface area contributed by atoms with E-state index in [1.54, 1.807) is 11.3 Å². The van der Waals surface area contributed by atoms with Crippen LogP contribution in [0.25, 0.3) is 0 Å². The summed E-state index contributed by atoms with van der Waals surface area (Å²) in [5.74, 6) is 2.65. The Bertz CT molecular complexity index is 556. The highest BCUT2D eigenvalue weighted by atomic mass is 79.9. The number of halogens is 1. The van der Waals surface area contributed by atoms with Crippen LogP contribution in [0.1, 0.15) is 24.0 Å². The molecule has 108 valence electrons. The normalized spacial score (nSPS) is 10.6. The lowest BCUT2D eigenvalue weighted by Gasteiger charge is -2.09. The van der Waals surface area contributed by atoms with Gasteiger partial charge in [-0.15, -0.1) is 11.3 Å². The number of nitrogens with one attached hydrogen (secondary N) is 2. The van der Waals surface area contributed by atoms with E-state index in [9.17, 15) is 0 Å². The Morgan fingerprint density at radius 2 is 2.00 bits per heavy atom. The highest BCUT2D eigenvalue weighted by molar-refractivity contribution is 9.11. The number of thiophene rings is 1. The van der Waals surface area contributed by atoms with Gasteiger partial charge in [0.25, 0.3) is 0 Å². The maximum Gasteiger partial charge on any atom is 0.133 e. The van der Waals surface area contributed by atoms with Gasteiger partial charge in [-0.2, -0.15) is 0 Å². The van der Waals surface area contributed by atoms with Crippen LogP contribution in [0.2, 0.25) is 0 Å². The van der Waals surface area contributed by atoms with E-state index in [2.05, 4.69) is 55.6 Å². The van der Waals surface area contributed by atoms with Gasteiger partial charge in [0.15, 0.2) is 0 Å². The predicted molar refractivity (Wildman–Crippen MR) is 89.8 cm³/mol. The molecule has 0 unspecified atom stereocenters. The van der Waals surface area contributed by atoms with Crippen molar-refractivity contribution in [2.45, 2.75) is 26.2 Å². The number of aryl methyl sites for hydroxylation is 1. The zero-order chi connectivity index (χ0) is 14.4. The molecule has 6 heteroatoms. The van der Waals surface area contributed by atoms with Crippen LogP contribution in [0.15, 0.2) is 22.0 Å². The van der Waals surface area contributed by atoms with Crippen molar-refractivity contribution in [2.24, 2.45) is 0 Å². The van der Waals surface area contributed by atoms with Crippen LogP contribution in [-0.4, -0.2) is 23.6 Å². The first-order valence-electron chi connectivity index (χ1n) is 6.75. The molecule has 2 rings (SSSR count). The molecule has 2 aromatic rings. The molecule has 2 N–H and O–H groups in total. The zero-order valence-electron chi connectivity index (χ0n) is 11.7. The van der Waals surface area contributed by atoms with Crippen LogP contribution >= 0.6 is 27.3 Å². The van der Waals surface area contributed by atoms with Crippen molar-refractivity contribution in [1.82, 2.24) is 9.97 Å². The number of hydrogen-bond acceptors (Lipinski definition) is 5. The Morgan fingerprint density at radius 1 is 1.20 bits per heavy atom. The third-order valence-electron chi connectivity index (χ3n) is 2.81. The summed E-state index contributed by atoms with van der Waals surface area (Å²) in [6.07, 6.45) is 2.95. The first-order valence-corrected chi connectivity index (χ1v) is 8.36. The van der Waals surface area contributed by atoms with Gasteiger partial charge in [0.1, 0.15) is 17.5 Å². The second-order valence-electron chi connectivity index (χ2n) is 4.44. The van der Waals surface area contributed by atoms with Gasteiger partial charge in [0.2, 0.25) is 0 Å². The zero-order valence-corrected chi connectivity index (χ0v) is 14.1. The van der Waals surface area contributed by atoms with Crippen molar-refractivity contribution in [3.8, 4) is 0 Å². The van der Waals surface area contributed by atoms with Gasteiger partial charge < -0.3 is 10.6 Å². The standard InChI is InChI=1S/C14H19BrN4S/c1-3-4-12-18-13(16-2)9-14(19-12)17-8-7-10-5-6-11(15)20-10/h5-6,9H,3-4,7-8H2,1-2H3,(H2,16,17,18,19). The Kier molecular flexibility index (Phi) is 5.79. The largest absolute Gasteiger partial charge is 0.373 e. The van der Waals surface area contributed by atoms with E-state index in [-0.39, 0.29) is 0 Å². The molecule has 0 amide bonds. The molecule has 0 spiro atoms. The maximum absolute atomic E-state index is 4.54. The van der Waals surface area contributed by atoms with Crippen molar-refractivity contribution < 1.29 is 0 Å². The molecule has 2 heterocycles. The summed E-state index contributed by atoms with van der Waals surface area (Å²) in [6.45, 7) is 3.01. The molecule has 20 heavy (non-hydrogen) atoms. The molecule has 0 radical (unpaired) electrons. The highest BCUT2D eigenvalue weighted by Gasteiger charge is 2.04. The smallest absolute Gasteiger partial charge is 0.133 e. The number of hydrogen-bond donors (Lipinski definition) is 2. The minimum atomic E-state index is 0.866. The summed E-state index contributed by atoms with van der Waals surface area (Å²) in [4.78, 5) is 10.3. The van der Waals surface area contributed by atoms with E-state index in [4.69, 9.17) is 0 Å². The van der Waals surface area contributed by atoms with Gasteiger partial charge in [0, 0.05) is 31.0 Å². The first kappa shape index (κ1) is 15.3. The van der Waals surface area contributed by atoms with Crippen LogP contribution in [0.3, 0.4) is 0 Å². The van der Waals surface area contributed by atoms with Crippen molar-refractivity contribution >= 4 is 38.9 Å². The molecule has 0 saturated carbocycles. The van der Waals surface area contributed by atoms with Gasteiger partial charge >= 0.3 is 0 Å². The van der Waals surface area contributed by atoms with Crippen LogP contribution in [0, 0.1) is 0 Å². The van der Waals surface area contributed by atoms with Crippen LogP contribution in [-0.2, 0) is 12.8 Å². The van der Waals surface area contributed by atoms with Gasteiger partial charge in [0.05, 0.1) is 3.79 Å². The van der Waals surface area contributed by atoms with E-state index in [1.807, 2.05) is 13.1 Å². The monoisotopic (exact) mass is 354 g/mol.